The van der Waals surface area contributed by atoms with Crippen LogP contribution in [0, 0.1) is 17.8 Å². The molecule has 5 atom stereocenters. The van der Waals surface area contributed by atoms with E-state index >= 15 is 0 Å². The van der Waals surface area contributed by atoms with Gasteiger partial charge in [0, 0.05) is 35.7 Å². The van der Waals surface area contributed by atoms with Crippen molar-refractivity contribution in [1.29, 1.82) is 0 Å². The lowest BCUT2D eigenvalue weighted by Crippen LogP contribution is -2.49. The van der Waals surface area contributed by atoms with E-state index in [9.17, 15) is 18.0 Å². The molecule has 5 nitrogen and oxygen atoms in total. The Kier molecular flexibility index (Phi) is 7.45. The van der Waals surface area contributed by atoms with Crippen molar-refractivity contribution in [3.63, 3.8) is 0 Å². The van der Waals surface area contributed by atoms with Crippen LogP contribution in [-0.4, -0.2) is 49.3 Å². The van der Waals surface area contributed by atoms with Crippen molar-refractivity contribution in [2.24, 2.45) is 17.8 Å². The number of carbonyl (C=O) groups excluding carboxylic acids is 1. The number of hydrogen-bond acceptors (Lipinski definition) is 5. The maximum Gasteiger partial charge on any atom is 0.416 e. The monoisotopic (exact) mass is 504 g/mol. The quantitative estimate of drug-likeness (QED) is 0.518. The second kappa shape index (κ2) is 10.6. The number of halogens is 3. The lowest BCUT2D eigenvalue weighted by molar-refractivity contribution is -0.150. The maximum absolute atomic E-state index is 13.6. The van der Waals surface area contributed by atoms with Gasteiger partial charge in [0.2, 0.25) is 0 Å². The zero-order chi connectivity index (χ0) is 25.3. The Labute approximate surface area is 210 Å². The predicted molar refractivity (Wildman–Crippen MR) is 131 cm³/mol. The molecule has 4 aliphatic rings. The number of likely N-dealkylation sites (tertiary alicyclic amines) is 1. The summed E-state index contributed by atoms with van der Waals surface area (Å²) in [6.45, 7) is 4.56. The molecule has 0 saturated carbocycles. The minimum atomic E-state index is -4.39. The van der Waals surface area contributed by atoms with Gasteiger partial charge in [0.1, 0.15) is 0 Å². The van der Waals surface area contributed by atoms with Crippen LogP contribution in [0.3, 0.4) is 0 Å². The number of ether oxygens (including phenoxy) is 2. The molecular weight excluding hydrogens is 469 g/mol. The van der Waals surface area contributed by atoms with Crippen molar-refractivity contribution in [2.45, 2.75) is 63.5 Å². The summed E-state index contributed by atoms with van der Waals surface area (Å²) in [6.07, 6.45) is 7.84. The normalized spacial score (nSPS) is 30.8. The number of allylic oxidation sites excluding steroid dienone is 3. The van der Waals surface area contributed by atoms with E-state index in [1.807, 2.05) is 13.0 Å². The van der Waals surface area contributed by atoms with E-state index in [1.165, 1.54) is 6.07 Å². The third-order valence-electron chi connectivity index (χ3n) is 8.16. The Morgan fingerprint density at radius 2 is 1.97 bits per heavy atom. The number of carbonyl (C=O) groups is 1. The number of esters is 1. The number of fused-ring (bicyclic) bond motifs is 3. The SMILES string of the molecule is CCOC(=O)C1CCN(C[C@H]2CC[C@@H]3[C@H](O2)c2cc(C(F)(F)F)ccc2N[C@H]3C2C=CC=CC2)CC1. The molecule has 0 spiro atoms. The van der Waals surface area contributed by atoms with Crippen molar-refractivity contribution < 1.29 is 27.4 Å². The highest BCUT2D eigenvalue weighted by Crippen LogP contribution is 2.49. The summed E-state index contributed by atoms with van der Waals surface area (Å²) in [5.74, 6) is 0.222. The second-order valence-electron chi connectivity index (χ2n) is 10.4. The fourth-order valence-corrected chi connectivity index (χ4v) is 6.29. The van der Waals surface area contributed by atoms with Crippen LogP contribution in [0.15, 0.2) is 42.5 Å². The molecular formula is C28H35F3N2O3. The minimum absolute atomic E-state index is 0.0478. The average Bonchev–Trinajstić information content (AvgIpc) is 2.88. The first-order valence-electron chi connectivity index (χ1n) is 13.2. The molecule has 3 aliphatic heterocycles. The van der Waals surface area contributed by atoms with Crippen molar-refractivity contribution >= 4 is 11.7 Å². The molecule has 5 rings (SSSR count). The molecule has 1 aliphatic carbocycles. The molecule has 1 aromatic rings. The molecule has 1 aromatic carbocycles. The summed E-state index contributed by atoms with van der Waals surface area (Å²) >= 11 is 0. The number of nitrogens with one attached hydrogen (secondary N) is 1. The third kappa shape index (κ3) is 5.35. The van der Waals surface area contributed by atoms with Crippen LogP contribution in [0.25, 0.3) is 0 Å². The van der Waals surface area contributed by atoms with Gasteiger partial charge in [-0.15, -0.1) is 0 Å². The lowest BCUT2D eigenvalue weighted by atomic mass is 9.73. The first-order chi connectivity index (χ1) is 17.3. The topological polar surface area (TPSA) is 50.8 Å². The molecule has 0 bridgehead atoms. The van der Waals surface area contributed by atoms with E-state index in [-0.39, 0.29) is 42.0 Å². The van der Waals surface area contributed by atoms with Crippen LogP contribution in [0.4, 0.5) is 18.9 Å². The summed E-state index contributed by atoms with van der Waals surface area (Å²) in [5, 5.41) is 3.58. The van der Waals surface area contributed by atoms with Crippen LogP contribution < -0.4 is 5.32 Å². The summed E-state index contributed by atoms with van der Waals surface area (Å²) in [6, 6.07) is 4.12. The summed E-state index contributed by atoms with van der Waals surface area (Å²) in [5.41, 5.74) is 0.729. The first kappa shape index (κ1) is 25.3. The number of anilines is 1. The highest BCUT2D eigenvalue weighted by molar-refractivity contribution is 5.72. The fraction of sp³-hybridized carbons (Fsp3) is 0.607. The molecule has 196 valence electrons. The van der Waals surface area contributed by atoms with Gasteiger partial charge in [-0.1, -0.05) is 24.3 Å². The number of alkyl halides is 3. The average molecular weight is 505 g/mol. The van der Waals surface area contributed by atoms with Gasteiger partial charge in [-0.25, -0.2) is 0 Å². The van der Waals surface area contributed by atoms with Crippen LogP contribution in [0.2, 0.25) is 0 Å². The molecule has 2 saturated heterocycles. The van der Waals surface area contributed by atoms with Crippen LogP contribution in [-0.2, 0) is 20.4 Å². The first-order valence-corrected chi connectivity index (χ1v) is 13.2. The highest BCUT2D eigenvalue weighted by Gasteiger charge is 2.45. The van der Waals surface area contributed by atoms with Gasteiger partial charge < -0.3 is 19.7 Å². The fourth-order valence-electron chi connectivity index (χ4n) is 6.29. The standard InChI is InChI=1S/C28H35F3N2O3/c1-2-35-27(34)19-12-14-33(15-13-19)17-21-9-10-22-25(18-6-4-3-5-7-18)32-24-11-8-20(28(29,30)31)16-23(24)26(22)36-21/h3-6,8,11,16,18-19,21-22,25-26,32H,2,7,9-10,12-15,17H2,1H3/t18?,21-,22+,25+,26+/m1/s1. The number of piperidine rings is 1. The smallest absolute Gasteiger partial charge is 0.416 e. The summed E-state index contributed by atoms with van der Waals surface area (Å²) in [7, 11) is 0. The van der Waals surface area contributed by atoms with Crippen LogP contribution in [0.1, 0.15) is 56.3 Å². The van der Waals surface area contributed by atoms with Crippen LogP contribution in [0.5, 0.6) is 0 Å². The second-order valence-corrected chi connectivity index (χ2v) is 10.4. The maximum atomic E-state index is 13.6. The third-order valence-corrected chi connectivity index (χ3v) is 8.16. The van der Waals surface area contributed by atoms with E-state index in [2.05, 4.69) is 28.4 Å². The van der Waals surface area contributed by atoms with E-state index in [0.29, 0.717) is 12.2 Å². The molecule has 2 fully saturated rings. The van der Waals surface area contributed by atoms with E-state index in [0.717, 1.165) is 63.5 Å². The van der Waals surface area contributed by atoms with Crippen LogP contribution >= 0.6 is 0 Å². The summed E-state index contributed by atoms with van der Waals surface area (Å²) in [4.78, 5) is 14.4. The summed E-state index contributed by atoms with van der Waals surface area (Å²) < 4.78 is 52.5. The lowest BCUT2D eigenvalue weighted by Gasteiger charge is -2.48. The Morgan fingerprint density at radius 3 is 2.67 bits per heavy atom. The van der Waals surface area contributed by atoms with Gasteiger partial charge in [-0.3, -0.25) is 4.79 Å². The Bertz CT molecular complexity index is 1000. The van der Waals surface area contributed by atoms with Gasteiger partial charge in [0.25, 0.3) is 0 Å². The number of hydrogen-bond donors (Lipinski definition) is 1. The van der Waals surface area contributed by atoms with Gasteiger partial charge in [-0.05, 0) is 70.3 Å². The van der Waals surface area contributed by atoms with Gasteiger partial charge in [0.15, 0.2) is 0 Å². The highest BCUT2D eigenvalue weighted by atomic mass is 19.4. The molecule has 3 heterocycles. The Hall–Kier alpha value is -2.32. The predicted octanol–water partition coefficient (Wildman–Crippen LogP) is 5.74. The number of rotatable bonds is 5. The molecule has 1 unspecified atom stereocenters. The number of nitrogens with zero attached hydrogens (tertiary/aromatic N) is 1. The van der Waals surface area contributed by atoms with Gasteiger partial charge >= 0.3 is 12.1 Å². The zero-order valence-corrected chi connectivity index (χ0v) is 20.7. The number of benzene rings is 1. The van der Waals surface area contributed by atoms with Crippen molar-refractivity contribution in [3.05, 3.63) is 53.6 Å². The Balaban J connectivity index is 1.31. The van der Waals surface area contributed by atoms with E-state index in [4.69, 9.17) is 9.47 Å². The molecule has 0 radical (unpaired) electrons. The van der Waals surface area contributed by atoms with Gasteiger partial charge in [0.05, 0.1) is 30.3 Å². The van der Waals surface area contributed by atoms with Crippen molar-refractivity contribution in [3.8, 4) is 0 Å². The largest absolute Gasteiger partial charge is 0.466 e. The van der Waals surface area contributed by atoms with Crippen molar-refractivity contribution in [1.82, 2.24) is 4.90 Å². The minimum Gasteiger partial charge on any atom is -0.466 e. The molecule has 0 aromatic heterocycles. The zero-order valence-electron chi connectivity index (χ0n) is 20.7. The molecule has 8 heteroatoms. The molecule has 36 heavy (non-hydrogen) atoms. The van der Waals surface area contributed by atoms with E-state index in [1.54, 1.807) is 6.07 Å². The van der Waals surface area contributed by atoms with Crippen molar-refractivity contribution in [2.75, 3.05) is 31.6 Å². The molecule has 0 amide bonds. The van der Waals surface area contributed by atoms with E-state index < -0.39 is 11.7 Å². The van der Waals surface area contributed by atoms with Gasteiger partial charge in [-0.2, -0.15) is 13.2 Å². The Morgan fingerprint density at radius 1 is 1.17 bits per heavy atom. The molecule has 1 N–H and O–H groups in total.